The molecule has 8 heteroatoms. The van der Waals surface area contributed by atoms with Crippen molar-refractivity contribution in [2.24, 2.45) is 0 Å². The van der Waals surface area contributed by atoms with E-state index in [-0.39, 0.29) is 17.9 Å². The molecule has 0 aromatic heterocycles. The van der Waals surface area contributed by atoms with Gasteiger partial charge in [0.05, 0.1) is 11.5 Å². The molecule has 0 bridgehead atoms. The van der Waals surface area contributed by atoms with E-state index in [9.17, 15) is 23.4 Å². The number of aryl methyl sites for hydroxylation is 1. The fourth-order valence-electron chi connectivity index (χ4n) is 3.18. The van der Waals surface area contributed by atoms with E-state index in [1.165, 1.54) is 24.3 Å². The van der Waals surface area contributed by atoms with Crippen molar-refractivity contribution in [3.8, 4) is 5.75 Å². The van der Waals surface area contributed by atoms with Gasteiger partial charge in [-0.1, -0.05) is 24.3 Å². The van der Waals surface area contributed by atoms with Gasteiger partial charge in [-0.2, -0.15) is 0 Å². The Bertz CT molecular complexity index is 953. The predicted octanol–water partition coefficient (Wildman–Crippen LogP) is 1.95. The zero-order valence-corrected chi connectivity index (χ0v) is 16.2. The average Bonchev–Trinajstić information content (AvgIpc) is 2.68. The van der Waals surface area contributed by atoms with Gasteiger partial charge in [0, 0.05) is 6.61 Å². The third-order valence-corrected chi connectivity index (χ3v) is 7.24. The molecule has 2 aromatic carbocycles. The van der Waals surface area contributed by atoms with E-state index in [1.807, 2.05) is 31.2 Å². The van der Waals surface area contributed by atoms with Crippen LogP contribution in [0.5, 0.6) is 5.75 Å². The lowest BCUT2D eigenvalue weighted by Crippen LogP contribution is -2.59. The first-order valence-corrected chi connectivity index (χ1v) is 10.3. The van der Waals surface area contributed by atoms with Gasteiger partial charge in [0.1, 0.15) is 17.6 Å². The Morgan fingerprint density at radius 2 is 1.89 bits per heavy atom. The first-order chi connectivity index (χ1) is 13.2. The number of rotatable bonds is 6. The van der Waals surface area contributed by atoms with Crippen molar-refractivity contribution in [1.29, 1.82) is 0 Å². The van der Waals surface area contributed by atoms with E-state index in [2.05, 4.69) is 0 Å². The van der Waals surface area contributed by atoms with Gasteiger partial charge in [-0.05, 0) is 48.7 Å². The summed E-state index contributed by atoms with van der Waals surface area (Å²) in [6.07, 6.45) is -0.101. The Morgan fingerprint density at radius 1 is 1.21 bits per heavy atom. The van der Waals surface area contributed by atoms with E-state index in [0.717, 1.165) is 11.1 Å². The van der Waals surface area contributed by atoms with Crippen LogP contribution in [0, 0.1) is 6.92 Å². The molecular formula is C20H22O7S. The summed E-state index contributed by atoms with van der Waals surface area (Å²) in [4.78, 5) is 11.4. The summed E-state index contributed by atoms with van der Waals surface area (Å²) in [6.45, 7) is 1.82. The highest BCUT2D eigenvalue weighted by Crippen LogP contribution is 2.32. The molecule has 0 amide bonds. The number of hydrogen-bond donors (Lipinski definition) is 2. The van der Waals surface area contributed by atoms with Crippen molar-refractivity contribution in [3.05, 3.63) is 59.7 Å². The summed E-state index contributed by atoms with van der Waals surface area (Å²) < 4.78 is 36.5. The van der Waals surface area contributed by atoms with Crippen LogP contribution in [0.15, 0.2) is 53.4 Å². The predicted molar refractivity (Wildman–Crippen MR) is 101 cm³/mol. The quantitative estimate of drug-likeness (QED) is 0.754. The van der Waals surface area contributed by atoms with E-state index in [1.54, 1.807) is 0 Å². The smallest absolute Gasteiger partial charge is 0.339 e. The van der Waals surface area contributed by atoms with Crippen molar-refractivity contribution < 1.29 is 32.9 Å². The van der Waals surface area contributed by atoms with Crippen LogP contribution in [0.4, 0.5) is 0 Å². The fourth-order valence-corrected chi connectivity index (χ4v) is 5.12. The van der Waals surface area contributed by atoms with E-state index in [0.29, 0.717) is 12.4 Å². The second kappa shape index (κ2) is 7.90. The average molecular weight is 406 g/mol. The lowest BCUT2D eigenvalue weighted by molar-refractivity contribution is -0.171. The molecule has 1 saturated heterocycles. The molecule has 1 heterocycles. The van der Waals surface area contributed by atoms with Gasteiger partial charge in [-0.15, -0.1) is 0 Å². The van der Waals surface area contributed by atoms with E-state index >= 15 is 0 Å². The number of aliphatic carboxylic acids is 1. The SMILES string of the molecule is Cc1ccccc1COc1ccc(S(=O)(=O)C2CCOCC2(O)C(=O)O)cc1. The summed E-state index contributed by atoms with van der Waals surface area (Å²) in [5.74, 6) is -1.12. The highest BCUT2D eigenvalue weighted by atomic mass is 32.2. The van der Waals surface area contributed by atoms with Crippen molar-refractivity contribution in [2.75, 3.05) is 13.2 Å². The molecule has 2 aromatic rings. The number of benzene rings is 2. The summed E-state index contributed by atoms with van der Waals surface area (Å²) in [7, 11) is -4.07. The Morgan fingerprint density at radius 3 is 2.54 bits per heavy atom. The lowest BCUT2D eigenvalue weighted by atomic mass is 9.96. The number of carboxylic acid groups (broad SMARTS) is 1. The second-order valence-electron chi connectivity index (χ2n) is 6.79. The van der Waals surface area contributed by atoms with Gasteiger partial charge in [-0.25, -0.2) is 13.2 Å². The molecule has 0 aliphatic carbocycles. The molecule has 28 heavy (non-hydrogen) atoms. The molecular weight excluding hydrogens is 384 g/mol. The van der Waals surface area contributed by atoms with Gasteiger partial charge < -0.3 is 19.7 Å². The molecule has 1 aliphatic rings. The topological polar surface area (TPSA) is 110 Å². The minimum atomic E-state index is -4.07. The summed E-state index contributed by atoms with van der Waals surface area (Å²) in [5, 5.41) is 18.2. The van der Waals surface area contributed by atoms with Crippen LogP contribution in [-0.2, 0) is 26.0 Å². The molecule has 3 rings (SSSR count). The van der Waals surface area contributed by atoms with Crippen molar-refractivity contribution in [1.82, 2.24) is 0 Å². The molecule has 0 saturated carbocycles. The molecule has 7 nitrogen and oxygen atoms in total. The molecule has 1 fully saturated rings. The van der Waals surface area contributed by atoms with Crippen molar-refractivity contribution in [2.45, 2.75) is 35.7 Å². The second-order valence-corrected chi connectivity index (χ2v) is 8.92. The summed E-state index contributed by atoms with van der Waals surface area (Å²) >= 11 is 0. The van der Waals surface area contributed by atoms with Gasteiger partial charge in [0.15, 0.2) is 9.84 Å². The molecule has 2 N–H and O–H groups in total. The van der Waals surface area contributed by atoms with Gasteiger partial charge in [-0.3, -0.25) is 0 Å². The Hall–Kier alpha value is -2.42. The number of sulfone groups is 1. The number of carbonyl (C=O) groups is 1. The first kappa shape index (κ1) is 20.3. The van der Waals surface area contributed by atoms with Gasteiger partial charge >= 0.3 is 5.97 Å². The highest BCUT2D eigenvalue weighted by molar-refractivity contribution is 7.92. The molecule has 2 unspecified atom stereocenters. The Kier molecular flexibility index (Phi) is 5.74. The number of hydrogen-bond acceptors (Lipinski definition) is 6. The molecule has 150 valence electrons. The molecule has 2 atom stereocenters. The maximum absolute atomic E-state index is 12.9. The normalized spacial score (nSPS) is 22.6. The van der Waals surface area contributed by atoms with E-state index < -0.39 is 33.3 Å². The minimum absolute atomic E-state index is 0.0666. The van der Waals surface area contributed by atoms with Crippen LogP contribution in [-0.4, -0.2) is 48.7 Å². The van der Waals surface area contributed by atoms with Crippen molar-refractivity contribution >= 4 is 15.8 Å². The summed E-state index contributed by atoms with van der Waals surface area (Å²) in [5.41, 5.74) is -0.362. The highest BCUT2D eigenvalue weighted by Gasteiger charge is 2.53. The molecule has 0 radical (unpaired) electrons. The van der Waals surface area contributed by atoms with Crippen LogP contribution in [0.1, 0.15) is 17.5 Å². The maximum Gasteiger partial charge on any atom is 0.339 e. The standard InChI is InChI=1S/C20H22O7S/c1-14-4-2-3-5-15(14)12-27-16-6-8-17(9-7-16)28(24,25)18-10-11-26-13-20(18,23)19(21)22/h2-9,18,23H,10-13H2,1H3,(H,21,22). The summed E-state index contributed by atoms with van der Waals surface area (Å²) in [6, 6.07) is 13.5. The monoisotopic (exact) mass is 406 g/mol. The zero-order valence-electron chi connectivity index (χ0n) is 15.4. The minimum Gasteiger partial charge on any atom is -0.489 e. The van der Waals surface area contributed by atoms with Crippen LogP contribution in [0.25, 0.3) is 0 Å². The number of ether oxygens (including phenoxy) is 2. The van der Waals surface area contributed by atoms with Crippen LogP contribution < -0.4 is 4.74 Å². The van der Waals surface area contributed by atoms with Crippen LogP contribution in [0.2, 0.25) is 0 Å². The molecule has 1 aliphatic heterocycles. The third-order valence-electron chi connectivity index (χ3n) is 4.93. The van der Waals surface area contributed by atoms with Crippen LogP contribution in [0.3, 0.4) is 0 Å². The molecule has 0 spiro atoms. The Balaban J connectivity index is 1.78. The fraction of sp³-hybridized carbons (Fsp3) is 0.350. The Labute approximate surface area is 163 Å². The number of aliphatic hydroxyl groups is 1. The third kappa shape index (κ3) is 3.89. The number of carboxylic acids is 1. The maximum atomic E-state index is 12.9. The van der Waals surface area contributed by atoms with Crippen molar-refractivity contribution in [3.63, 3.8) is 0 Å². The van der Waals surface area contributed by atoms with Crippen LogP contribution >= 0.6 is 0 Å². The zero-order chi connectivity index (χ0) is 20.4. The largest absolute Gasteiger partial charge is 0.489 e. The lowest BCUT2D eigenvalue weighted by Gasteiger charge is -2.35. The first-order valence-electron chi connectivity index (χ1n) is 8.80. The van der Waals surface area contributed by atoms with Gasteiger partial charge in [0.25, 0.3) is 0 Å². The van der Waals surface area contributed by atoms with Gasteiger partial charge in [0.2, 0.25) is 5.60 Å². The van der Waals surface area contributed by atoms with E-state index in [4.69, 9.17) is 9.47 Å².